The number of nitrogens with one attached hydrogen (secondary N) is 1. The zero-order chi connectivity index (χ0) is 14.5. The molecule has 0 aliphatic heterocycles. The lowest BCUT2D eigenvalue weighted by Gasteiger charge is -2.12. The first-order chi connectivity index (χ1) is 9.56. The highest BCUT2D eigenvalue weighted by Gasteiger charge is 2.11. The average molecular weight is 291 g/mol. The third kappa shape index (κ3) is 3.73. The highest BCUT2D eigenvalue weighted by atomic mass is 35.5. The van der Waals surface area contributed by atoms with Gasteiger partial charge in [-0.2, -0.15) is 0 Å². The maximum Gasteiger partial charge on any atom is 0.251 e. The summed E-state index contributed by atoms with van der Waals surface area (Å²) in [7, 11) is 0. The number of aliphatic hydroxyl groups excluding tert-OH is 1. The Balaban J connectivity index is 1.94. The van der Waals surface area contributed by atoms with Gasteiger partial charge in [-0.3, -0.25) is 4.79 Å². The SMILES string of the molecule is Nc1ccc(C(O)CNC(=O)c2cccc(Cl)c2)cc1. The van der Waals surface area contributed by atoms with Crippen LogP contribution in [0.1, 0.15) is 22.0 Å². The van der Waals surface area contributed by atoms with Crippen molar-refractivity contribution in [3.63, 3.8) is 0 Å². The second-order valence-corrected chi connectivity index (χ2v) is 4.84. The minimum absolute atomic E-state index is 0.120. The number of hydrogen-bond acceptors (Lipinski definition) is 3. The number of carbonyl (C=O) groups excluding carboxylic acids is 1. The number of rotatable bonds is 4. The average Bonchev–Trinajstić information content (AvgIpc) is 2.45. The number of amides is 1. The van der Waals surface area contributed by atoms with Crippen LogP contribution in [0, 0.1) is 0 Å². The summed E-state index contributed by atoms with van der Waals surface area (Å²) in [4.78, 5) is 11.9. The number of halogens is 1. The topological polar surface area (TPSA) is 75.3 Å². The van der Waals surface area contributed by atoms with Crippen molar-refractivity contribution < 1.29 is 9.90 Å². The lowest BCUT2D eigenvalue weighted by atomic mass is 10.1. The molecular formula is C15H15ClN2O2. The van der Waals surface area contributed by atoms with E-state index >= 15 is 0 Å². The Bertz CT molecular complexity index is 599. The molecule has 2 rings (SSSR count). The van der Waals surface area contributed by atoms with Gasteiger partial charge in [0.2, 0.25) is 0 Å². The van der Waals surface area contributed by atoms with E-state index in [2.05, 4.69) is 5.32 Å². The van der Waals surface area contributed by atoms with Crippen LogP contribution >= 0.6 is 11.6 Å². The molecule has 2 aromatic rings. The van der Waals surface area contributed by atoms with Gasteiger partial charge in [0.15, 0.2) is 0 Å². The fourth-order valence-corrected chi connectivity index (χ4v) is 1.95. The Hall–Kier alpha value is -2.04. The van der Waals surface area contributed by atoms with Gasteiger partial charge in [0.25, 0.3) is 5.91 Å². The quantitative estimate of drug-likeness (QED) is 0.757. The predicted molar refractivity (Wildman–Crippen MR) is 79.6 cm³/mol. The number of hydrogen-bond donors (Lipinski definition) is 3. The van der Waals surface area contributed by atoms with Gasteiger partial charge < -0.3 is 16.2 Å². The summed E-state index contributed by atoms with van der Waals surface area (Å²) in [5.41, 5.74) is 7.36. The molecule has 2 aromatic carbocycles. The van der Waals surface area contributed by atoms with Gasteiger partial charge in [-0.15, -0.1) is 0 Å². The van der Waals surface area contributed by atoms with E-state index in [0.29, 0.717) is 21.8 Å². The van der Waals surface area contributed by atoms with Crippen LogP contribution in [0.3, 0.4) is 0 Å². The number of nitrogen functional groups attached to an aromatic ring is 1. The molecule has 4 N–H and O–H groups in total. The number of anilines is 1. The lowest BCUT2D eigenvalue weighted by Crippen LogP contribution is -2.28. The first-order valence-electron chi connectivity index (χ1n) is 6.13. The summed E-state index contributed by atoms with van der Waals surface area (Å²) >= 11 is 5.82. The fraction of sp³-hybridized carbons (Fsp3) is 0.133. The van der Waals surface area contributed by atoms with Gasteiger partial charge in [0.05, 0.1) is 6.10 Å². The Morgan fingerprint density at radius 2 is 1.95 bits per heavy atom. The zero-order valence-corrected chi connectivity index (χ0v) is 11.5. The molecule has 0 radical (unpaired) electrons. The van der Waals surface area contributed by atoms with E-state index in [-0.39, 0.29) is 12.5 Å². The molecule has 0 aliphatic rings. The van der Waals surface area contributed by atoms with Gasteiger partial charge >= 0.3 is 0 Å². The molecule has 0 fully saturated rings. The summed E-state index contributed by atoms with van der Waals surface area (Å²) in [6.07, 6.45) is -0.779. The van der Waals surface area contributed by atoms with Gasteiger partial charge in [-0.05, 0) is 35.9 Å². The Morgan fingerprint density at radius 3 is 2.60 bits per heavy atom. The molecule has 0 aliphatic carbocycles. The standard InChI is InChI=1S/C15H15ClN2O2/c16-12-3-1-2-11(8-12)15(20)18-9-14(19)10-4-6-13(17)7-5-10/h1-8,14,19H,9,17H2,(H,18,20). The maximum absolute atomic E-state index is 11.9. The monoisotopic (exact) mass is 290 g/mol. The largest absolute Gasteiger partial charge is 0.399 e. The van der Waals surface area contributed by atoms with Crippen LogP contribution < -0.4 is 11.1 Å². The normalized spacial score (nSPS) is 11.9. The summed E-state index contributed by atoms with van der Waals surface area (Å²) in [5, 5.41) is 13.1. The van der Waals surface area contributed by atoms with Crippen molar-refractivity contribution in [2.75, 3.05) is 12.3 Å². The molecule has 0 saturated heterocycles. The van der Waals surface area contributed by atoms with Crippen LogP contribution in [0.2, 0.25) is 5.02 Å². The molecule has 5 heteroatoms. The second kappa shape index (κ2) is 6.41. The van der Waals surface area contributed by atoms with Gasteiger partial charge in [-0.25, -0.2) is 0 Å². The van der Waals surface area contributed by atoms with E-state index < -0.39 is 6.10 Å². The summed E-state index contributed by atoms with van der Waals surface area (Å²) in [5.74, 6) is -0.276. The van der Waals surface area contributed by atoms with E-state index in [1.54, 1.807) is 48.5 Å². The van der Waals surface area contributed by atoms with E-state index in [0.717, 1.165) is 0 Å². The van der Waals surface area contributed by atoms with Gasteiger partial charge in [-0.1, -0.05) is 29.8 Å². The van der Waals surface area contributed by atoms with Crippen molar-refractivity contribution in [1.82, 2.24) is 5.32 Å². The molecule has 1 unspecified atom stereocenters. The Kier molecular flexibility index (Phi) is 4.61. The molecule has 0 spiro atoms. The summed E-state index contributed by atoms with van der Waals surface area (Å²) < 4.78 is 0. The third-order valence-corrected chi connectivity index (χ3v) is 3.10. The second-order valence-electron chi connectivity index (χ2n) is 4.40. The van der Waals surface area contributed by atoms with Crippen molar-refractivity contribution in [2.24, 2.45) is 0 Å². The van der Waals surface area contributed by atoms with Crippen molar-refractivity contribution in [3.05, 3.63) is 64.7 Å². The minimum atomic E-state index is -0.779. The van der Waals surface area contributed by atoms with Crippen LogP contribution in [-0.2, 0) is 0 Å². The van der Waals surface area contributed by atoms with Crippen molar-refractivity contribution >= 4 is 23.2 Å². The summed E-state index contributed by atoms with van der Waals surface area (Å²) in [6, 6.07) is 13.5. The van der Waals surface area contributed by atoms with Crippen LogP contribution in [0.25, 0.3) is 0 Å². The van der Waals surface area contributed by atoms with Gasteiger partial charge in [0.1, 0.15) is 0 Å². The minimum Gasteiger partial charge on any atom is -0.399 e. The third-order valence-electron chi connectivity index (χ3n) is 2.86. The van der Waals surface area contributed by atoms with Crippen LogP contribution in [0.15, 0.2) is 48.5 Å². The smallest absolute Gasteiger partial charge is 0.251 e. The fourth-order valence-electron chi connectivity index (χ4n) is 1.76. The van der Waals surface area contributed by atoms with E-state index in [1.807, 2.05) is 0 Å². The van der Waals surface area contributed by atoms with Crippen LogP contribution in [-0.4, -0.2) is 17.6 Å². The first-order valence-corrected chi connectivity index (χ1v) is 6.51. The first kappa shape index (κ1) is 14.4. The number of nitrogens with two attached hydrogens (primary N) is 1. The Morgan fingerprint density at radius 1 is 1.25 bits per heavy atom. The Labute approximate surface area is 122 Å². The molecule has 1 amide bonds. The molecule has 20 heavy (non-hydrogen) atoms. The summed E-state index contributed by atoms with van der Waals surface area (Å²) in [6.45, 7) is 0.120. The van der Waals surface area contributed by atoms with Crippen LogP contribution in [0.5, 0.6) is 0 Å². The molecule has 0 saturated carbocycles. The molecule has 0 aromatic heterocycles. The number of aliphatic hydroxyl groups is 1. The van der Waals surface area contributed by atoms with Crippen molar-refractivity contribution in [3.8, 4) is 0 Å². The molecular weight excluding hydrogens is 276 g/mol. The molecule has 0 heterocycles. The zero-order valence-electron chi connectivity index (χ0n) is 10.7. The van der Waals surface area contributed by atoms with Gasteiger partial charge in [0, 0.05) is 22.8 Å². The lowest BCUT2D eigenvalue weighted by molar-refractivity contribution is 0.0916. The van der Waals surface area contributed by atoms with Crippen LogP contribution in [0.4, 0.5) is 5.69 Å². The molecule has 0 bridgehead atoms. The number of carbonyl (C=O) groups is 1. The molecule has 4 nitrogen and oxygen atoms in total. The highest BCUT2D eigenvalue weighted by Crippen LogP contribution is 2.14. The highest BCUT2D eigenvalue weighted by molar-refractivity contribution is 6.30. The predicted octanol–water partition coefficient (Wildman–Crippen LogP) is 2.39. The van der Waals surface area contributed by atoms with Crippen molar-refractivity contribution in [1.29, 1.82) is 0 Å². The van der Waals surface area contributed by atoms with E-state index in [9.17, 15) is 9.90 Å². The maximum atomic E-state index is 11.9. The van der Waals surface area contributed by atoms with E-state index in [4.69, 9.17) is 17.3 Å². The molecule has 1 atom stereocenters. The molecule has 104 valence electrons. The van der Waals surface area contributed by atoms with Crippen molar-refractivity contribution in [2.45, 2.75) is 6.10 Å². The van der Waals surface area contributed by atoms with E-state index in [1.165, 1.54) is 0 Å². The number of benzene rings is 2.